The van der Waals surface area contributed by atoms with Gasteiger partial charge >= 0.3 is 17.9 Å². The number of carbonyl (C=O) groups excluding carboxylic acids is 3. The van der Waals surface area contributed by atoms with Gasteiger partial charge in [0.1, 0.15) is 6.10 Å². The summed E-state index contributed by atoms with van der Waals surface area (Å²) in [5.41, 5.74) is 0. The maximum Gasteiger partial charge on any atom is 0.381 e. The Labute approximate surface area is 85.6 Å². The predicted molar refractivity (Wildman–Crippen MR) is 46.8 cm³/mol. The van der Waals surface area contributed by atoms with Crippen LogP contribution in [0, 0.1) is 0 Å². The Hall–Kier alpha value is -1.76. The van der Waals surface area contributed by atoms with Crippen molar-refractivity contribution in [3.63, 3.8) is 0 Å². The van der Waals surface area contributed by atoms with Crippen LogP contribution in [0.15, 0.2) is 0 Å². The molecule has 0 amide bonds. The summed E-state index contributed by atoms with van der Waals surface area (Å²) in [6, 6.07) is 0. The van der Waals surface area contributed by atoms with Crippen LogP contribution in [-0.4, -0.2) is 40.0 Å². The van der Waals surface area contributed by atoms with E-state index in [0.29, 0.717) is 0 Å². The number of hydrogen-bond acceptors (Lipinski definition) is 6. The van der Waals surface area contributed by atoms with Crippen LogP contribution in [-0.2, 0) is 23.9 Å². The molecule has 0 spiro atoms. The second-order valence-electron chi connectivity index (χ2n) is 2.45. The predicted octanol–water partition coefficient (Wildman–Crippen LogP) is -0.883. The summed E-state index contributed by atoms with van der Waals surface area (Å²) in [5, 5.41) is 15.8. The third-order valence-electron chi connectivity index (χ3n) is 0.881. The number of carboxylic acids is 1. The van der Waals surface area contributed by atoms with E-state index in [1.54, 1.807) is 0 Å². The van der Waals surface area contributed by atoms with Crippen LogP contribution in [0.4, 0.5) is 0 Å². The van der Waals surface area contributed by atoms with Crippen molar-refractivity contribution in [1.82, 2.24) is 0 Å². The summed E-state index contributed by atoms with van der Waals surface area (Å²) in [6.45, 7) is 3.29. The first-order valence-electron chi connectivity index (χ1n) is 3.82. The fourth-order valence-corrected chi connectivity index (χ4v) is 0.202. The molecule has 15 heavy (non-hydrogen) atoms. The van der Waals surface area contributed by atoms with Crippen LogP contribution in [0.1, 0.15) is 20.8 Å². The van der Waals surface area contributed by atoms with Crippen LogP contribution in [0.25, 0.3) is 0 Å². The molecule has 0 aromatic carbocycles. The van der Waals surface area contributed by atoms with Crippen LogP contribution in [0.5, 0.6) is 0 Å². The Bertz CT molecular complexity index is 266. The molecule has 0 radical (unpaired) electrons. The molecule has 0 aromatic heterocycles. The number of ketones is 1. The quantitative estimate of drug-likeness (QED) is 0.352. The van der Waals surface area contributed by atoms with Crippen molar-refractivity contribution in [2.24, 2.45) is 0 Å². The van der Waals surface area contributed by atoms with E-state index in [9.17, 15) is 19.2 Å². The van der Waals surface area contributed by atoms with Crippen LogP contribution < -0.4 is 0 Å². The van der Waals surface area contributed by atoms with Crippen LogP contribution >= 0.6 is 0 Å². The Morgan fingerprint density at radius 2 is 1.47 bits per heavy atom. The highest BCUT2D eigenvalue weighted by molar-refractivity contribution is 6.34. The molecule has 0 aromatic rings. The van der Waals surface area contributed by atoms with Gasteiger partial charge in [0.25, 0.3) is 0 Å². The van der Waals surface area contributed by atoms with Crippen LogP contribution in [0.2, 0.25) is 0 Å². The van der Waals surface area contributed by atoms with Crippen molar-refractivity contribution in [2.45, 2.75) is 26.9 Å². The summed E-state index contributed by atoms with van der Waals surface area (Å²) in [6.07, 6.45) is -1.23. The van der Waals surface area contributed by atoms with Gasteiger partial charge in [-0.2, -0.15) is 0 Å². The number of aliphatic hydroxyl groups excluding tert-OH is 1. The number of carbonyl (C=O) groups is 4. The molecular formula is C8H12O7. The Balaban J connectivity index is 0. The van der Waals surface area contributed by atoms with Gasteiger partial charge < -0.3 is 14.9 Å². The Morgan fingerprint density at radius 1 is 1.13 bits per heavy atom. The highest BCUT2D eigenvalue weighted by atomic mass is 16.6. The molecule has 0 saturated heterocycles. The molecule has 7 heteroatoms. The SMILES string of the molecule is CC(=O)OC(=O)C(C)=O.CC(O)C(=O)O. The molecule has 1 atom stereocenters. The monoisotopic (exact) mass is 220 g/mol. The Morgan fingerprint density at radius 3 is 1.53 bits per heavy atom. The third kappa shape index (κ3) is 12.2. The normalized spacial score (nSPS) is 10.4. The number of esters is 2. The summed E-state index contributed by atoms with van der Waals surface area (Å²) >= 11 is 0. The second-order valence-corrected chi connectivity index (χ2v) is 2.45. The number of aliphatic hydroxyl groups is 1. The lowest BCUT2D eigenvalue weighted by molar-refractivity contribution is -0.162. The standard InChI is InChI=1S/C5H6O4.C3H6O3/c1-3(6)5(8)9-4(2)7;1-2(4)3(5)6/h1-2H3;2,4H,1H3,(H,5,6). The Kier molecular flexibility index (Phi) is 7.98. The maximum absolute atomic E-state index is 10.2. The van der Waals surface area contributed by atoms with E-state index in [4.69, 9.17) is 10.2 Å². The molecule has 0 aliphatic rings. The lowest BCUT2D eigenvalue weighted by Gasteiger charge is -1.91. The third-order valence-corrected chi connectivity index (χ3v) is 0.881. The highest BCUT2D eigenvalue weighted by Gasteiger charge is 2.10. The number of Topliss-reactive ketones (excluding diaryl/α,β-unsaturated/α-hetero) is 1. The van der Waals surface area contributed by atoms with Gasteiger partial charge in [-0.15, -0.1) is 0 Å². The average Bonchev–Trinajstić information content (AvgIpc) is 2.03. The van der Waals surface area contributed by atoms with Crippen molar-refractivity contribution in [3.05, 3.63) is 0 Å². The topological polar surface area (TPSA) is 118 Å². The molecular weight excluding hydrogens is 208 g/mol. The van der Waals surface area contributed by atoms with E-state index in [0.717, 1.165) is 13.8 Å². The number of ether oxygens (including phenoxy) is 1. The van der Waals surface area contributed by atoms with E-state index in [-0.39, 0.29) is 0 Å². The van der Waals surface area contributed by atoms with Gasteiger partial charge in [0.15, 0.2) is 0 Å². The van der Waals surface area contributed by atoms with Crippen LogP contribution in [0.3, 0.4) is 0 Å². The van der Waals surface area contributed by atoms with Gasteiger partial charge in [-0.25, -0.2) is 9.59 Å². The number of aliphatic carboxylic acids is 1. The van der Waals surface area contributed by atoms with Gasteiger partial charge in [0.05, 0.1) is 0 Å². The van der Waals surface area contributed by atoms with Crippen molar-refractivity contribution < 1.29 is 34.1 Å². The minimum absolute atomic E-state index is 0.768. The smallest absolute Gasteiger partial charge is 0.381 e. The number of rotatable bonds is 2. The number of hydrogen-bond donors (Lipinski definition) is 2. The van der Waals surface area contributed by atoms with E-state index >= 15 is 0 Å². The molecule has 86 valence electrons. The van der Waals surface area contributed by atoms with Gasteiger partial charge in [0.2, 0.25) is 5.78 Å². The van der Waals surface area contributed by atoms with E-state index in [1.807, 2.05) is 0 Å². The number of carboxylic acid groups (broad SMARTS) is 1. The molecule has 0 heterocycles. The van der Waals surface area contributed by atoms with Gasteiger partial charge in [-0.05, 0) is 6.92 Å². The maximum atomic E-state index is 10.2. The summed E-state index contributed by atoms with van der Waals surface area (Å²) < 4.78 is 3.88. The summed E-state index contributed by atoms with van der Waals surface area (Å²) in [4.78, 5) is 39.6. The first-order chi connectivity index (χ1) is 6.68. The molecule has 0 aliphatic heterocycles. The zero-order valence-electron chi connectivity index (χ0n) is 8.51. The van der Waals surface area contributed by atoms with Gasteiger partial charge in [0, 0.05) is 13.8 Å². The van der Waals surface area contributed by atoms with Gasteiger partial charge in [-0.3, -0.25) is 9.59 Å². The fourth-order valence-electron chi connectivity index (χ4n) is 0.202. The second kappa shape index (κ2) is 7.63. The van der Waals surface area contributed by atoms with Crippen molar-refractivity contribution in [1.29, 1.82) is 0 Å². The zero-order valence-corrected chi connectivity index (χ0v) is 8.51. The first kappa shape index (κ1) is 15.7. The van der Waals surface area contributed by atoms with E-state index < -0.39 is 29.8 Å². The van der Waals surface area contributed by atoms with E-state index in [1.165, 1.54) is 6.92 Å². The van der Waals surface area contributed by atoms with E-state index in [2.05, 4.69) is 4.74 Å². The molecule has 0 bridgehead atoms. The summed E-state index contributed by atoms with van der Waals surface area (Å²) in [5.74, 6) is -3.84. The molecule has 0 saturated carbocycles. The molecule has 2 N–H and O–H groups in total. The summed E-state index contributed by atoms with van der Waals surface area (Å²) in [7, 11) is 0. The molecule has 0 aliphatic carbocycles. The molecule has 0 fully saturated rings. The molecule has 7 nitrogen and oxygen atoms in total. The van der Waals surface area contributed by atoms with Crippen molar-refractivity contribution in [3.8, 4) is 0 Å². The lowest BCUT2D eigenvalue weighted by atomic mass is 10.4. The van der Waals surface area contributed by atoms with Gasteiger partial charge in [-0.1, -0.05) is 0 Å². The first-order valence-corrected chi connectivity index (χ1v) is 3.82. The molecule has 0 rings (SSSR count). The minimum atomic E-state index is -1.23. The minimum Gasteiger partial charge on any atom is -0.479 e. The highest BCUT2D eigenvalue weighted by Crippen LogP contribution is 1.79. The fraction of sp³-hybridized carbons (Fsp3) is 0.500. The molecule has 1 unspecified atom stereocenters. The average molecular weight is 220 g/mol. The lowest BCUT2D eigenvalue weighted by Crippen LogP contribution is -2.16. The van der Waals surface area contributed by atoms with Crippen molar-refractivity contribution >= 4 is 23.7 Å². The zero-order chi connectivity index (χ0) is 12.6. The van der Waals surface area contributed by atoms with Crippen molar-refractivity contribution in [2.75, 3.05) is 0 Å². The largest absolute Gasteiger partial charge is 0.479 e.